The minimum atomic E-state index is 0.102. The Bertz CT molecular complexity index is 172. The van der Waals surface area contributed by atoms with E-state index in [0.717, 1.165) is 25.7 Å². The average molecular weight is 182 g/mol. The molecule has 0 aliphatic heterocycles. The molecular weight excluding hydrogens is 164 g/mol. The molecule has 0 aromatic carbocycles. The predicted molar refractivity (Wildman–Crippen MR) is 54.0 cm³/mol. The van der Waals surface area contributed by atoms with Gasteiger partial charge in [-0.1, -0.05) is 0 Å². The molecule has 0 bridgehead atoms. The molecule has 1 amide bonds. The van der Waals surface area contributed by atoms with Crippen LogP contribution >= 0.6 is 0 Å². The van der Waals surface area contributed by atoms with Gasteiger partial charge in [0.2, 0.25) is 5.91 Å². The molecular formula is C10H18N2O. The zero-order valence-corrected chi connectivity index (χ0v) is 8.01. The molecule has 0 heterocycles. The van der Waals surface area contributed by atoms with Crippen molar-refractivity contribution >= 4 is 5.91 Å². The monoisotopic (exact) mass is 182 g/mol. The summed E-state index contributed by atoms with van der Waals surface area (Å²) >= 11 is 0. The van der Waals surface area contributed by atoms with Gasteiger partial charge in [-0.2, -0.15) is 0 Å². The molecule has 0 fully saturated rings. The molecule has 13 heavy (non-hydrogen) atoms. The highest BCUT2D eigenvalue weighted by Crippen LogP contribution is 1.97. The van der Waals surface area contributed by atoms with E-state index in [1.807, 2.05) is 0 Å². The molecule has 0 unspecified atom stereocenters. The smallest absolute Gasteiger partial charge is 0.219 e. The molecule has 0 radical (unpaired) electrons. The fourth-order valence-electron chi connectivity index (χ4n) is 0.931. The van der Waals surface area contributed by atoms with E-state index in [1.54, 1.807) is 0 Å². The van der Waals surface area contributed by atoms with Crippen molar-refractivity contribution in [2.24, 2.45) is 5.73 Å². The summed E-state index contributed by atoms with van der Waals surface area (Å²) in [6, 6.07) is 0. The molecule has 0 saturated heterocycles. The number of amides is 1. The number of hydrogen-bond donors (Lipinski definition) is 2. The number of rotatable bonds is 7. The number of carbonyl (C=O) groups excluding carboxylic acids is 1. The number of terminal acetylenes is 1. The van der Waals surface area contributed by atoms with Crippen molar-refractivity contribution in [2.75, 3.05) is 13.1 Å². The summed E-state index contributed by atoms with van der Waals surface area (Å²) < 4.78 is 0. The predicted octanol–water partition coefficient (Wildman–Crippen LogP) is 0.645. The van der Waals surface area contributed by atoms with Gasteiger partial charge in [0, 0.05) is 19.4 Å². The Morgan fingerprint density at radius 2 is 2.15 bits per heavy atom. The number of unbranched alkanes of at least 4 members (excludes halogenated alkanes) is 2. The third-order valence-corrected chi connectivity index (χ3v) is 1.68. The van der Waals surface area contributed by atoms with E-state index < -0.39 is 0 Å². The van der Waals surface area contributed by atoms with Gasteiger partial charge in [-0.25, -0.2) is 0 Å². The van der Waals surface area contributed by atoms with Gasteiger partial charge in [-0.15, -0.1) is 12.3 Å². The second kappa shape index (κ2) is 9.08. The molecule has 0 saturated carbocycles. The summed E-state index contributed by atoms with van der Waals surface area (Å²) in [5.74, 6) is 2.65. The second-order valence-electron chi connectivity index (χ2n) is 2.90. The van der Waals surface area contributed by atoms with E-state index in [1.165, 1.54) is 0 Å². The standard InChI is InChI=1S/C10H18N2O/c1-2-3-4-5-7-10(13)12-9-6-8-11/h1H,3-9,11H2,(H,12,13). The number of hydrogen-bond acceptors (Lipinski definition) is 2. The number of carbonyl (C=O) groups is 1. The van der Waals surface area contributed by atoms with Crippen molar-refractivity contribution in [2.45, 2.75) is 32.1 Å². The van der Waals surface area contributed by atoms with E-state index in [0.29, 0.717) is 19.5 Å². The first-order valence-electron chi connectivity index (χ1n) is 4.71. The fourth-order valence-corrected chi connectivity index (χ4v) is 0.931. The highest BCUT2D eigenvalue weighted by Gasteiger charge is 1.98. The molecule has 3 N–H and O–H groups in total. The SMILES string of the molecule is C#CCCCCC(=O)NCCCN. The summed E-state index contributed by atoms with van der Waals surface area (Å²) in [5, 5.41) is 2.79. The second-order valence-corrected chi connectivity index (χ2v) is 2.90. The molecule has 0 atom stereocenters. The Morgan fingerprint density at radius 1 is 1.38 bits per heavy atom. The Morgan fingerprint density at radius 3 is 2.77 bits per heavy atom. The lowest BCUT2D eigenvalue weighted by Gasteiger charge is -2.02. The van der Waals surface area contributed by atoms with Gasteiger partial charge in [0.05, 0.1) is 0 Å². The van der Waals surface area contributed by atoms with Crippen LogP contribution in [0.4, 0.5) is 0 Å². The van der Waals surface area contributed by atoms with Crippen molar-refractivity contribution in [3.63, 3.8) is 0 Å². The van der Waals surface area contributed by atoms with E-state index >= 15 is 0 Å². The van der Waals surface area contributed by atoms with Gasteiger partial charge in [0.25, 0.3) is 0 Å². The Kier molecular flexibility index (Phi) is 8.38. The molecule has 0 aromatic heterocycles. The van der Waals surface area contributed by atoms with E-state index in [4.69, 9.17) is 12.2 Å². The normalized spacial score (nSPS) is 9.23. The van der Waals surface area contributed by atoms with Crippen LogP contribution in [0, 0.1) is 12.3 Å². The summed E-state index contributed by atoms with van der Waals surface area (Å²) in [7, 11) is 0. The Hall–Kier alpha value is -1.01. The van der Waals surface area contributed by atoms with Gasteiger partial charge in [-0.05, 0) is 25.8 Å². The van der Waals surface area contributed by atoms with Crippen LogP contribution in [-0.2, 0) is 4.79 Å². The van der Waals surface area contributed by atoms with E-state index in [-0.39, 0.29) is 5.91 Å². The lowest BCUT2D eigenvalue weighted by Crippen LogP contribution is -2.25. The first-order chi connectivity index (χ1) is 6.31. The van der Waals surface area contributed by atoms with E-state index in [9.17, 15) is 4.79 Å². The maximum absolute atomic E-state index is 11.1. The van der Waals surface area contributed by atoms with Crippen molar-refractivity contribution in [3.05, 3.63) is 0 Å². The van der Waals surface area contributed by atoms with Crippen LogP contribution in [0.15, 0.2) is 0 Å². The van der Waals surface area contributed by atoms with Crippen LogP contribution in [0.5, 0.6) is 0 Å². The molecule has 0 aromatic rings. The summed E-state index contributed by atoms with van der Waals surface area (Å²) in [6.07, 6.45) is 9.06. The summed E-state index contributed by atoms with van der Waals surface area (Å²) in [6.45, 7) is 1.31. The summed E-state index contributed by atoms with van der Waals surface area (Å²) in [5.41, 5.74) is 5.28. The van der Waals surface area contributed by atoms with Crippen molar-refractivity contribution in [1.82, 2.24) is 5.32 Å². The lowest BCUT2D eigenvalue weighted by atomic mass is 10.2. The lowest BCUT2D eigenvalue weighted by molar-refractivity contribution is -0.121. The first kappa shape index (κ1) is 12.0. The maximum atomic E-state index is 11.1. The van der Waals surface area contributed by atoms with Crippen LogP contribution in [0.25, 0.3) is 0 Å². The largest absolute Gasteiger partial charge is 0.356 e. The number of nitrogens with two attached hydrogens (primary N) is 1. The topological polar surface area (TPSA) is 55.1 Å². The zero-order valence-electron chi connectivity index (χ0n) is 8.01. The van der Waals surface area contributed by atoms with Gasteiger partial charge in [0.15, 0.2) is 0 Å². The van der Waals surface area contributed by atoms with Gasteiger partial charge in [-0.3, -0.25) is 4.79 Å². The van der Waals surface area contributed by atoms with Crippen LogP contribution < -0.4 is 11.1 Å². The van der Waals surface area contributed by atoms with Crippen molar-refractivity contribution < 1.29 is 4.79 Å². The van der Waals surface area contributed by atoms with Crippen molar-refractivity contribution in [3.8, 4) is 12.3 Å². The minimum Gasteiger partial charge on any atom is -0.356 e. The Labute approximate surface area is 80.1 Å². The molecule has 0 spiro atoms. The van der Waals surface area contributed by atoms with Crippen LogP contribution in [0.1, 0.15) is 32.1 Å². The highest BCUT2D eigenvalue weighted by molar-refractivity contribution is 5.75. The third-order valence-electron chi connectivity index (χ3n) is 1.68. The molecule has 0 aliphatic carbocycles. The fraction of sp³-hybridized carbons (Fsp3) is 0.700. The Balaban J connectivity index is 3.16. The molecule has 3 heteroatoms. The van der Waals surface area contributed by atoms with Crippen LogP contribution in [-0.4, -0.2) is 19.0 Å². The molecule has 0 aliphatic rings. The van der Waals surface area contributed by atoms with E-state index in [2.05, 4.69) is 11.2 Å². The maximum Gasteiger partial charge on any atom is 0.219 e. The number of nitrogens with one attached hydrogen (secondary N) is 1. The van der Waals surface area contributed by atoms with Crippen LogP contribution in [0.3, 0.4) is 0 Å². The minimum absolute atomic E-state index is 0.102. The quantitative estimate of drug-likeness (QED) is 0.448. The average Bonchev–Trinajstić information content (AvgIpc) is 2.13. The third kappa shape index (κ3) is 8.90. The molecule has 74 valence electrons. The van der Waals surface area contributed by atoms with Crippen LogP contribution in [0.2, 0.25) is 0 Å². The summed E-state index contributed by atoms with van der Waals surface area (Å²) in [4.78, 5) is 11.1. The molecule has 0 rings (SSSR count). The van der Waals surface area contributed by atoms with Gasteiger partial charge >= 0.3 is 0 Å². The first-order valence-corrected chi connectivity index (χ1v) is 4.71. The van der Waals surface area contributed by atoms with Crippen molar-refractivity contribution in [1.29, 1.82) is 0 Å². The molecule has 3 nitrogen and oxygen atoms in total. The highest BCUT2D eigenvalue weighted by atomic mass is 16.1. The van der Waals surface area contributed by atoms with Gasteiger partial charge in [0.1, 0.15) is 0 Å². The van der Waals surface area contributed by atoms with Gasteiger partial charge < -0.3 is 11.1 Å². The zero-order chi connectivity index (χ0) is 9.94.